The van der Waals surface area contributed by atoms with Gasteiger partial charge in [0.05, 0.1) is 5.41 Å². The number of fused-ring (bicyclic) bond motifs is 13. The molecule has 0 radical (unpaired) electrons. The molecule has 0 fully saturated rings. The molecule has 0 saturated heterocycles. The van der Waals surface area contributed by atoms with Crippen LogP contribution in [0.5, 0.6) is 0 Å². The summed E-state index contributed by atoms with van der Waals surface area (Å²) < 4.78 is 0. The van der Waals surface area contributed by atoms with Crippen molar-refractivity contribution in [2.45, 2.75) is 5.41 Å². The maximum atomic E-state index is 2.52. The fourth-order valence-corrected chi connectivity index (χ4v) is 8.37. The van der Waals surface area contributed by atoms with Gasteiger partial charge >= 0.3 is 0 Å². The van der Waals surface area contributed by atoms with E-state index in [1.807, 2.05) is 0 Å². The molecule has 0 amide bonds. The third kappa shape index (κ3) is 3.35. The zero-order chi connectivity index (χ0) is 30.2. The van der Waals surface area contributed by atoms with E-state index in [2.05, 4.69) is 181 Å². The summed E-state index contributed by atoms with van der Waals surface area (Å²) in [7, 11) is 0. The van der Waals surface area contributed by atoms with Crippen LogP contribution < -0.4 is 4.90 Å². The number of rotatable bonds is 3. The Morgan fingerprint density at radius 1 is 0.304 bits per heavy atom. The quantitative estimate of drug-likeness (QED) is 0.187. The molecule has 10 rings (SSSR count). The van der Waals surface area contributed by atoms with Gasteiger partial charge in [-0.1, -0.05) is 127 Å². The highest BCUT2D eigenvalue weighted by Crippen LogP contribution is 2.63. The lowest BCUT2D eigenvalue weighted by atomic mass is 9.70. The molecule has 0 heterocycles. The molecule has 2 aliphatic rings. The van der Waals surface area contributed by atoms with Crippen molar-refractivity contribution in [1.29, 1.82) is 0 Å². The van der Waals surface area contributed by atoms with E-state index >= 15 is 0 Å². The Balaban J connectivity index is 1.28. The van der Waals surface area contributed by atoms with E-state index in [1.54, 1.807) is 0 Å². The van der Waals surface area contributed by atoms with Crippen LogP contribution in [0.1, 0.15) is 22.3 Å². The van der Waals surface area contributed by atoms with E-state index in [-0.39, 0.29) is 5.41 Å². The molecule has 0 aliphatic heterocycles. The average molecular weight is 584 g/mol. The smallest absolute Gasteiger partial charge is 0.0725 e. The molecule has 1 spiro atoms. The number of nitrogens with zero attached hydrogens (tertiary/aromatic N) is 1. The Bertz CT molecular complexity index is 2390. The molecule has 1 heteroatoms. The van der Waals surface area contributed by atoms with Crippen LogP contribution in [0.3, 0.4) is 0 Å². The van der Waals surface area contributed by atoms with Gasteiger partial charge < -0.3 is 4.90 Å². The zero-order valence-corrected chi connectivity index (χ0v) is 25.2. The summed E-state index contributed by atoms with van der Waals surface area (Å²) in [6, 6.07) is 64.9. The minimum Gasteiger partial charge on any atom is -0.310 e. The third-order valence-electron chi connectivity index (χ3n) is 10.2. The van der Waals surface area contributed by atoms with Crippen LogP contribution in [0, 0.1) is 0 Å². The first-order valence-corrected chi connectivity index (χ1v) is 16.0. The molecule has 46 heavy (non-hydrogen) atoms. The molecule has 0 unspecified atom stereocenters. The largest absolute Gasteiger partial charge is 0.310 e. The SMILES string of the molecule is c1ccc(N(c2ccccc2)c2ccc3ccc4cc5c(cc4c3c2)C2(c3ccccc3-c3ccccc32)c2ccccc2-5)cc1. The molecule has 0 bridgehead atoms. The molecule has 214 valence electrons. The first kappa shape index (κ1) is 25.4. The Hall–Kier alpha value is -5.92. The second-order valence-corrected chi connectivity index (χ2v) is 12.5. The lowest BCUT2D eigenvalue weighted by molar-refractivity contribution is 0.795. The maximum absolute atomic E-state index is 2.52. The average Bonchev–Trinajstić information content (AvgIpc) is 3.59. The van der Waals surface area contributed by atoms with Crippen molar-refractivity contribution in [2.24, 2.45) is 0 Å². The molecule has 0 aromatic heterocycles. The summed E-state index contributed by atoms with van der Waals surface area (Å²) in [6.07, 6.45) is 0. The van der Waals surface area contributed by atoms with Crippen molar-refractivity contribution in [2.75, 3.05) is 4.90 Å². The number of para-hydroxylation sites is 2. The number of hydrogen-bond donors (Lipinski definition) is 0. The van der Waals surface area contributed by atoms with Crippen molar-refractivity contribution in [3.8, 4) is 22.3 Å². The first-order chi connectivity index (χ1) is 22.8. The van der Waals surface area contributed by atoms with Crippen molar-refractivity contribution in [3.63, 3.8) is 0 Å². The van der Waals surface area contributed by atoms with Gasteiger partial charge in [-0.15, -0.1) is 0 Å². The molecule has 1 nitrogen and oxygen atoms in total. The van der Waals surface area contributed by atoms with Crippen LogP contribution in [0.4, 0.5) is 17.1 Å². The molecule has 0 saturated carbocycles. The maximum Gasteiger partial charge on any atom is 0.0725 e. The Morgan fingerprint density at radius 2 is 0.761 bits per heavy atom. The molecule has 0 atom stereocenters. The van der Waals surface area contributed by atoms with Gasteiger partial charge in [0, 0.05) is 17.1 Å². The van der Waals surface area contributed by atoms with Crippen molar-refractivity contribution >= 4 is 38.6 Å². The highest BCUT2D eigenvalue weighted by molar-refractivity contribution is 6.12. The Morgan fingerprint density at radius 3 is 1.35 bits per heavy atom. The van der Waals surface area contributed by atoms with E-state index in [9.17, 15) is 0 Å². The van der Waals surface area contributed by atoms with Gasteiger partial charge in [0.2, 0.25) is 0 Å². The minimum atomic E-state index is -0.354. The number of hydrogen-bond acceptors (Lipinski definition) is 1. The first-order valence-electron chi connectivity index (χ1n) is 16.0. The molecular formula is C45H29N. The van der Waals surface area contributed by atoms with Crippen LogP contribution >= 0.6 is 0 Å². The Kier molecular flexibility index (Phi) is 5.27. The van der Waals surface area contributed by atoms with Crippen LogP contribution in [-0.4, -0.2) is 0 Å². The summed E-state index contributed by atoms with van der Waals surface area (Å²) in [5.41, 5.74) is 13.9. The Labute approximate surface area is 268 Å². The molecule has 0 N–H and O–H groups in total. The summed E-state index contributed by atoms with van der Waals surface area (Å²) >= 11 is 0. The molecule has 2 aliphatic carbocycles. The van der Waals surface area contributed by atoms with Crippen molar-refractivity contribution in [1.82, 2.24) is 0 Å². The standard InChI is InChI=1S/C45H29N/c1-3-13-32(14-4-1)46(33-15-5-2-6-16-33)34-26-25-30-23-24-31-27-40-37-19-9-12-22-43(37)45(44(40)29-39(31)38(30)28-34)41-20-10-7-17-35(41)36-18-8-11-21-42(36)45/h1-29H. The van der Waals surface area contributed by atoms with Gasteiger partial charge in [0.25, 0.3) is 0 Å². The van der Waals surface area contributed by atoms with Crippen LogP contribution in [0.25, 0.3) is 43.8 Å². The van der Waals surface area contributed by atoms with Crippen molar-refractivity contribution in [3.05, 3.63) is 198 Å². The second kappa shape index (κ2) is 9.54. The van der Waals surface area contributed by atoms with Crippen LogP contribution in [-0.2, 0) is 5.41 Å². The molecule has 8 aromatic carbocycles. The number of anilines is 3. The monoisotopic (exact) mass is 583 g/mol. The van der Waals surface area contributed by atoms with Gasteiger partial charge in [-0.25, -0.2) is 0 Å². The topological polar surface area (TPSA) is 3.24 Å². The normalized spacial score (nSPS) is 13.4. The fourth-order valence-electron chi connectivity index (χ4n) is 8.37. The van der Waals surface area contributed by atoms with E-state index in [0.29, 0.717) is 0 Å². The van der Waals surface area contributed by atoms with Gasteiger partial charge in [-0.05, 0) is 115 Å². The van der Waals surface area contributed by atoms with Crippen LogP contribution in [0.2, 0.25) is 0 Å². The summed E-state index contributed by atoms with van der Waals surface area (Å²) in [4.78, 5) is 2.35. The minimum absolute atomic E-state index is 0.354. The van der Waals surface area contributed by atoms with Crippen molar-refractivity contribution < 1.29 is 0 Å². The summed E-state index contributed by atoms with van der Waals surface area (Å²) in [5, 5.41) is 5.06. The molecule has 8 aromatic rings. The van der Waals surface area contributed by atoms with Crippen LogP contribution in [0.15, 0.2) is 176 Å². The van der Waals surface area contributed by atoms with E-state index in [1.165, 1.54) is 66.1 Å². The van der Waals surface area contributed by atoms with E-state index in [0.717, 1.165) is 17.1 Å². The van der Waals surface area contributed by atoms with Gasteiger partial charge in [0.15, 0.2) is 0 Å². The van der Waals surface area contributed by atoms with Gasteiger partial charge in [-0.2, -0.15) is 0 Å². The lowest BCUT2D eigenvalue weighted by Crippen LogP contribution is -2.25. The molecular weight excluding hydrogens is 555 g/mol. The number of benzene rings is 8. The lowest BCUT2D eigenvalue weighted by Gasteiger charge is -2.30. The predicted molar refractivity (Wildman–Crippen MR) is 192 cm³/mol. The highest BCUT2D eigenvalue weighted by Gasteiger charge is 2.51. The fraction of sp³-hybridized carbons (Fsp3) is 0.0222. The highest BCUT2D eigenvalue weighted by atomic mass is 15.1. The summed E-state index contributed by atoms with van der Waals surface area (Å²) in [5.74, 6) is 0. The zero-order valence-electron chi connectivity index (χ0n) is 25.2. The summed E-state index contributed by atoms with van der Waals surface area (Å²) in [6.45, 7) is 0. The van der Waals surface area contributed by atoms with E-state index in [4.69, 9.17) is 0 Å². The predicted octanol–water partition coefficient (Wildman–Crippen LogP) is 11.8. The van der Waals surface area contributed by atoms with E-state index < -0.39 is 0 Å². The van der Waals surface area contributed by atoms with Gasteiger partial charge in [-0.3, -0.25) is 0 Å². The second-order valence-electron chi connectivity index (χ2n) is 12.5. The third-order valence-corrected chi connectivity index (χ3v) is 10.2. The van der Waals surface area contributed by atoms with Gasteiger partial charge in [0.1, 0.15) is 0 Å².